The number of rotatable bonds is 2. The van der Waals surface area contributed by atoms with Crippen molar-refractivity contribution in [1.29, 1.82) is 0 Å². The van der Waals surface area contributed by atoms with E-state index in [1.165, 1.54) is 12.1 Å². The molecule has 2 nitrogen and oxygen atoms in total. The van der Waals surface area contributed by atoms with Crippen molar-refractivity contribution in [3.05, 3.63) is 34.2 Å². The third-order valence-electron chi connectivity index (χ3n) is 2.17. The summed E-state index contributed by atoms with van der Waals surface area (Å²) in [5.41, 5.74) is 7.22. The molecular formula is C11H12BrClFNO. The molecule has 1 atom stereocenters. The number of halogens is 3. The molecule has 0 amide bonds. The third-order valence-corrected chi connectivity index (χ3v) is 2.56. The van der Waals surface area contributed by atoms with Gasteiger partial charge in [0.25, 0.3) is 0 Å². The Kier molecular flexibility index (Phi) is 4.35. The van der Waals surface area contributed by atoms with Gasteiger partial charge in [0.1, 0.15) is 11.4 Å². The highest BCUT2D eigenvalue weighted by Crippen LogP contribution is 2.28. The normalized spacial score (nSPS) is 12.5. The summed E-state index contributed by atoms with van der Waals surface area (Å²) < 4.78 is 19.3. The minimum absolute atomic E-state index is 0. The van der Waals surface area contributed by atoms with Gasteiger partial charge in [0.15, 0.2) is 4.67 Å². The molecule has 1 aromatic heterocycles. The predicted molar refractivity (Wildman–Crippen MR) is 68.5 cm³/mol. The van der Waals surface area contributed by atoms with Crippen molar-refractivity contribution in [2.24, 2.45) is 5.73 Å². The molecule has 16 heavy (non-hydrogen) atoms. The minimum Gasteiger partial charge on any atom is -0.449 e. The number of benzene rings is 1. The van der Waals surface area contributed by atoms with Crippen LogP contribution in [-0.2, 0) is 6.42 Å². The van der Waals surface area contributed by atoms with Crippen LogP contribution in [0, 0.1) is 5.82 Å². The van der Waals surface area contributed by atoms with E-state index in [9.17, 15) is 4.39 Å². The van der Waals surface area contributed by atoms with E-state index in [2.05, 4.69) is 15.9 Å². The van der Waals surface area contributed by atoms with Crippen LogP contribution in [0.4, 0.5) is 4.39 Å². The van der Waals surface area contributed by atoms with Gasteiger partial charge in [-0.3, -0.25) is 0 Å². The molecule has 0 fully saturated rings. The van der Waals surface area contributed by atoms with Gasteiger partial charge in [0, 0.05) is 11.4 Å². The fourth-order valence-corrected chi connectivity index (χ4v) is 2.06. The Morgan fingerprint density at radius 2 is 2.12 bits per heavy atom. The average Bonchev–Trinajstić information content (AvgIpc) is 2.44. The summed E-state index contributed by atoms with van der Waals surface area (Å²) in [6.45, 7) is 1.88. The van der Waals surface area contributed by atoms with Crippen LogP contribution in [0.3, 0.4) is 0 Å². The third kappa shape index (κ3) is 2.75. The number of hydrogen-bond acceptors (Lipinski definition) is 2. The molecule has 0 radical (unpaired) electrons. The largest absolute Gasteiger partial charge is 0.449 e. The van der Waals surface area contributed by atoms with E-state index in [0.29, 0.717) is 16.7 Å². The summed E-state index contributed by atoms with van der Waals surface area (Å²) in [6, 6.07) is 4.66. The standard InChI is InChI=1S/C11H11BrFNO.ClH/c1-6(14)2-7-3-9(13)4-8-5-10(12)15-11(7)8;/h3-6H,2,14H2,1H3;1H/t6-;/m0./s1. The van der Waals surface area contributed by atoms with E-state index in [1.807, 2.05) is 6.92 Å². The molecule has 2 rings (SSSR count). The Bertz CT molecular complexity index is 498. The van der Waals surface area contributed by atoms with Crippen molar-refractivity contribution in [2.45, 2.75) is 19.4 Å². The van der Waals surface area contributed by atoms with E-state index >= 15 is 0 Å². The molecule has 0 spiro atoms. The van der Waals surface area contributed by atoms with Gasteiger partial charge in [-0.05, 0) is 53.0 Å². The minimum atomic E-state index is -0.258. The maximum Gasteiger partial charge on any atom is 0.170 e. The molecule has 0 saturated heterocycles. The second kappa shape index (κ2) is 5.17. The quantitative estimate of drug-likeness (QED) is 0.920. The van der Waals surface area contributed by atoms with E-state index in [0.717, 1.165) is 10.9 Å². The second-order valence-electron chi connectivity index (χ2n) is 3.72. The van der Waals surface area contributed by atoms with Crippen molar-refractivity contribution >= 4 is 39.3 Å². The first-order chi connectivity index (χ1) is 7.06. The highest BCUT2D eigenvalue weighted by atomic mass is 79.9. The summed E-state index contributed by atoms with van der Waals surface area (Å²) >= 11 is 3.23. The maximum atomic E-state index is 13.3. The fourth-order valence-electron chi connectivity index (χ4n) is 1.65. The first-order valence-electron chi connectivity index (χ1n) is 4.69. The highest BCUT2D eigenvalue weighted by molar-refractivity contribution is 9.10. The van der Waals surface area contributed by atoms with Crippen LogP contribution in [0.5, 0.6) is 0 Å². The molecule has 2 N–H and O–H groups in total. The molecular weight excluding hydrogens is 296 g/mol. The first-order valence-corrected chi connectivity index (χ1v) is 5.48. The van der Waals surface area contributed by atoms with Crippen molar-refractivity contribution in [3.8, 4) is 0 Å². The smallest absolute Gasteiger partial charge is 0.170 e. The number of furan rings is 1. The van der Waals surface area contributed by atoms with Crippen LogP contribution >= 0.6 is 28.3 Å². The lowest BCUT2D eigenvalue weighted by atomic mass is 10.1. The highest BCUT2D eigenvalue weighted by Gasteiger charge is 2.10. The first kappa shape index (κ1) is 13.5. The van der Waals surface area contributed by atoms with Crippen molar-refractivity contribution < 1.29 is 8.81 Å². The van der Waals surface area contributed by atoms with Gasteiger partial charge in [-0.2, -0.15) is 0 Å². The lowest BCUT2D eigenvalue weighted by Crippen LogP contribution is -2.17. The van der Waals surface area contributed by atoms with Gasteiger partial charge < -0.3 is 10.2 Å². The summed E-state index contributed by atoms with van der Waals surface area (Å²) in [5.74, 6) is -0.258. The predicted octanol–water partition coefficient (Wildman–Crippen LogP) is 3.65. The summed E-state index contributed by atoms with van der Waals surface area (Å²) in [7, 11) is 0. The van der Waals surface area contributed by atoms with Gasteiger partial charge >= 0.3 is 0 Å². The van der Waals surface area contributed by atoms with Crippen molar-refractivity contribution in [2.75, 3.05) is 0 Å². The summed E-state index contributed by atoms with van der Waals surface area (Å²) in [5, 5.41) is 0.762. The molecule has 0 unspecified atom stereocenters. The van der Waals surface area contributed by atoms with Gasteiger partial charge in [-0.1, -0.05) is 0 Å². The number of nitrogens with two attached hydrogens (primary N) is 1. The van der Waals surface area contributed by atoms with Crippen LogP contribution in [0.15, 0.2) is 27.3 Å². The molecule has 5 heteroatoms. The Balaban J connectivity index is 0.00000128. The zero-order chi connectivity index (χ0) is 11.0. The van der Waals surface area contributed by atoms with E-state index in [4.69, 9.17) is 10.2 Å². The van der Waals surface area contributed by atoms with Gasteiger partial charge in [0.2, 0.25) is 0 Å². The molecule has 0 bridgehead atoms. The number of fused-ring (bicyclic) bond motifs is 1. The van der Waals surface area contributed by atoms with E-state index < -0.39 is 0 Å². The van der Waals surface area contributed by atoms with Crippen LogP contribution < -0.4 is 5.73 Å². The van der Waals surface area contributed by atoms with Crippen LogP contribution in [0.2, 0.25) is 0 Å². The van der Waals surface area contributed by atoms with Crippen molar-refractivity contribution in [3.63, 3.8) is 0 Å². The lowest BCUT2D eigenvalue weighted by molar-refractivity contribution is 0.576. The lowest BCUT2D eigenvalue weighted by Gasteiger charge is -2.05. The average molecular weight is 309 g/mol. The zero-order valence-corrected chi connectivity index (χ0v) is 11.1. The van der Waals surface area contributed by atoms with Gasteiger partial charge in [-0.25, -0.2) is 4.39 Å². The van der Waals surface area contributed by atoms with E-state index in [1.54, 1.807) is 6.07 Å². The van der Waals surface area contributed by atoms with Crippen LogP contribution in [-0.4, -0.2) is 6.04 Å². The molecule has 0 saturated carbocycles. The molecule has 1 aromatic carbocycles. The van der Waals surface area contributed by atoms with Crippen LogP contribution in [0.25, 0.3) is 11.0 Å². The molecule has 0 aliphatic heterocycles. The van der Waals surface area contributed by atoms with Crippen LogP contribution in [0.1, 0.15) is 12.5 Å². The number of hydrogen-bond donors (Lipinski definition) is 1. The summed E-state index contributed by atoms with van der Waals surface area (Å²) in [6.07, 6.45) is 0.605. The Hall–Kier alpha value is -0.580. The zero-order valence-electron chi connectivity index (χ0n) is 8.67. The SMILES string of the molecule is C[C@H](N)Cc1cc(F)cc2cc(Br)oc12.Cl. The van der Waals surface area contributed by atoms with Gasteiger partial charge in [0.05, 0.1) is 0 Å². The van der Waals surface area contributed by atoms with Crippen molar-refractivity contribution in [1.82, 2.24) is 0 Å². The monoisotopic (exact) mass is 307 g/mol. The molecule has 1 heterocycles. The Labute approximate surface area is 108 Å². The molecule has 0 aliphatic rings. The molecule has 88 valence electrons. The molecule has 0 aliphatic carbocycles. The Morgan fingerprint density at radius 3 is 2.75 bits per heavy atom. The second-order valence-corrected chi connectivity index (χ2v) is 4.50. The topological polar surface area (TPSA) is 39.2 Å². The van der Waals surface area contributed by atoms with E-state index in [-0.39, 0.29) is 24.3 Å². The maximum absolute atomic E-state index is 13.3. The fraction of sp³-hybridized carbons (Fsp3) is 0.273. The Morgan fingerprint density at radius 1 is 1.44 bits per heavy atom. The van der Waals surface area contributed by atoms with Gasteiger partial charge in [-0.15, -0.1) is 12.4 Å². The summed E-state index contributed by atoms with van der Waals surface area (Å²) in [4.78, 5) is 0. The molecule has 2 aromatic rings.